The number of benzene rings is 6. The predicted molar refractivity (Wildman–Crippen MR) is 270 cm³/mol. The fourth-order valence-electron chi connectivity index (χ4n) is 8.51. The van der Waals surface area contributed by atoms with Crippen LogP contribution in [0.3, 0.4) is 0 Å². The van der Waals surface area contributed by atoms with Gasteiger partial charge in [0, 0.05) is 48.4 Å². The Kier molecular flexibility index (Phi) is 12.5. The summed E-state index contributed by atoms with van der Waals surface area (Å²) in [6.45, 7) is 6.21. The van der Waals surface area contributed by atoms with Crippen molar-refractivity contribution in [3.63, 3.8) is 0 Å². The number of nitrogens with zero attached hydrogens (tertiary/aromatic N) is 5. The van der Waals surface area contributed by atoms with Crippen LogP contribution in [0.25, 0.3) is 94.9 Å². The summed E-state index contributed by atoms with van der Waals surface area (Å²) in [6, 6.07) is 63.3. The number of fused-ring (bicyclic) bond motifs is 4. The van der Waals surface area contributed by atoms with Crippen LogP contribution in [-0.4, -0.2) is 37.8 Å². The molecule has 0 saturated carbocycles. The third-order valence-electron chi connectivity index (χ3n) is 12.0. The summed E-state index contributed by atoms with van der Waals surface area (Å²) in [6.07, 6.45) is 3.87. The van der Waals surface area contributed by atoms with Gasteiger partial charge in [-0.25, -0.2) is 4.98 Å². The van der Waals surface area contributed by atoms with E-state index in [1.54, 1.807) is 0 Å². The van der Waals surface area contributed by atoms with Crippen LogP contribution in [-0.2, 0) is 20.1 Å². The molecule has 0 N–H and O–H groups in total. The van der Waals surface area contributed by atoms with Crippen LogP contribution in [0, 0.1) is 32.9 Å². The van der Waals surface area contributed by atoms with E-state index in [2.05, 4.69) is 168 Å². The largest absolute Gasteiger partial charge is 0.486 e. The molecule has 0 fully saturated rings. The number of furan rings is 1. The normalized spacial score (nSPS) is 11.4. The van der Waals surface area contributed by atoms with Crippen LogP contribution in [0.15, 0.2) is 181 Å². The average Bonchev–Trinajstić information content (AvgIpc) is 3.93. The van der Waals surface area contributed by atoms with Crippen LogP contribution < -0.4 is 4.40 Å². The molecule has 0 spiro atoms. The summed E-state index contributed by atoms with van der Waals surface area (Å²) in [5, 5.41) is 1.98. The van der Waals surface area contributed by atoms with Crippen LogP contribution in [0.1, 0.15) is 16.8 Å². The van der Waals surface area contributed by atoms with Crippen molar-refractivity contribution in [2.45, 2.75) is 38.0 Å². The number of rotatable bonds is 7. The zero-order chi connectivity index (χ0) is 44.7. The molecule has 0 aliphatic carbocycles. The molecule has 0 saturated heterocycles. The van der Waals surface area contributed by atoms with Gasteiger partial charge in [-0.2, -0.15) is 0 Å². The SMILES string of the molecule is Cc1c[c-]c(-c2cc[c]([Ge]([CH3])([CH3])[CH3])cn2)cc1.Cc1c[c-]c(-c2nc3ccnc(C)c3n2-c2c(-c3ccccc3)cccc2-c2ccccc2)c2oc3nc(-c4ccccc4)ccc3c12.[Ir]. The van der Waals surface area contributed by atoms with E-state index >= 15 is 0 Å². The van der Waals surface area contributed by atoms with E-state index in [4.69, 9.17) is 19.4 Å². The first-order valence-corrected chi connectivity index (χ1v) is 29.3. The average molecular weight is 1090 g/mol. The van der Waals surface area contributed by atoms with E-state index in [9.17, 15) is 0 Å². The third kappa shape index (κ3) is 8.58. The van der Waals surface area contributed by atoms with Crippen molar-refractivity contribution in [3.8, 4) is 61.8 Å². The Bertz CT molecular complexity index is 3410. The Labute approximate surface area is 402 Å². The number of aryl methyl sites for hydroxylation is 3. The summed E-state index contributed by atoms with van der Waals surface area (Å²) in [4.78, 5) is 19.6. The molecule has 5 heterocycles. The molecule has 6 aromatic carbocycles. The molecule has 0 aliphatic heterocycles. The second kappa shape index (κ2) is 18.6. The molecular formula is C58H47GeIrN5O-2. The molecule has 0 unspecified atom stereocenters. The Hall–Kier alpha value is -6.77. The maximum atomic E-state index is 6.72. The minimum absolute atomic E-state index is 0. The summed E-state index contributed by atoms with van der Waals surface area (Å²) < 4.78 is 10.4. The van der Waals surface area contributed by atoms with Crippen LogP contribution in [0.5, 0.6) is 0 Å². The van der Waals surface area contributed by atoms with Gasteiger partial charge in [0.2, 0.25) is 5.71 Å². The van der Waals surface area contributed by atoms with Crippen molar-refractivity contribution >= 4 is 50.8 Å². The van der Waals surface area contributed by atoms with E-state index in [0.717, 1.165) is 94.9 Å². The minimum Gasteiger partial charge on any atom is -0.486 e. The number of pyridine rings is 3. The molecular weight excluding hydrogens is 1050 g/mol. The second-order valence-corrected chi connectivity index (χ2v) is 28.2. The number of aromatic nitrogens is 5. The van der Waals surface area contributed by atoms with Crippen molar-refractivity contribution < 1.29 is 24.5 Å². The van der Waals surface area contributed by atoms with Gasteiger partial charge in [-0.15, -0.1) is 17.7 Å². The van der Waals surface area contributed by atoms with Gasteiger partial charge in [0.1, 0.15) is 0 Å². The minimum atomic E-state index is -1.73. The molecule has 6 nitrogen and oxygen atoms in total. The van der Waals surface area contributed by atoms with Gasteiger partial charge in [0.05, 0.1) is 39.5 Å². The van der Waals surface area contributed by atoms with E-state index in [1.165, 1.54) is 9.96 Å². The predicted octanol–water partition coefficient (Wildman–Crippen LogP) is 14.2. The monoisotopic (exact) mass is 1100 g/mol. The van der Waals surface area contributed by atoms with Gasteiger partial charge in [-0.05, 0) is 36.2 Å². The molecule has 325 valence electrons. The summed E-state index contributed by atoms with van der Waals surface area (Å²) >= 11 is -1.73. The summed E-state index contributed by atoms with van der Waals surface area (Å²) in [5.41, 5.74) is 16.4. The molecule has 0 atom stereocenters. The van der Waals surface area contributed by atoms with Crippen molar-refractivity contribution in [1.82, 2.24) is 24.5 Å². The molecule has 1 radical (unpaired) electrons. The first-order chi connectivity index (χ1) is 31.6. The fourth-order valence-corrected chi connectivity index (χ4v) is 10.7. The van der Waals surface area contributed by atoms with Gasteiger partial charge in [0.25, 0.3) is 0 Å². The molecule has 11 aromatic rings. The van der Waals surface area contributed by atoms with Gasteiger partial charge < -0.3 is 8.98 Å². The number of hydrogen-bond acceptors (Lipinski definition) is 5. The van der Waals surface area contributed by atoms with Crippen LogP contribution in [0.4, 0.5) is 0 Å². The third-order valence-corrected chi connectivity index (χ3v) is 16.2. The van der Waals surface area contributed by atoms with E-state index in [0.29, 0.717) is 11.3 Å². The molecule has 8 heteroatoms. The molecule has 0 aliphatic rings. The summed E-state index contributed by atoms with van der Waals surface area (Å²) in [5.74, 6) is 7.88. The molecule has 0 bridgehead atoms. The van der Waals surface area contributed by atoms with E-state index < -0.39 is 13.3 Å². The topological polar surface area (TPSA) is 69.6 Å². The van der Waals surface area contributed by atoms with E-state index in [1.807, 2.05) is 67.8 Å². The molecule has 66 heavy (non-hydrogen) atoms. The van der Waals surface area contributed by atoms with Gasteiger partial charge in [-0.3, -0.25) is 9.97 Å². The van der Waals surface area contributed by atoms with Crippen molar-refractivity contribution in [1.29, 1.82) is 0 Å². The van der Waals surface area contributed by atoms with Crippen molar-refractivity contribution in [2.75, 3.05) is 0 Å². The van der Waals surface area contributed by atoms with Crippen LogP contribution >= 0.6 is 0 Å². The smallest absolute Gasteiger partial charge is 0.216 e. The molecule has 0 amide bonds. The number of hydrogen-bond donors (Lipinski definition) is 0. The Balaban J connectivity index is 0.000000257. The van der Waals surface area contributed by atoms with E-state index in [-0.39, 0.29) is 20.1 Å². The van der Waals surface area contributed by atoms with Gasteiger partial charge in [-0.1, -0.05) is 127 Å². The standard InChI is InChI=1S/C43H29N4O.C15H18GeN.Ir/c1-27-21-22-35(41-38(27)34-23-24-36(46-43(34)48-41)31-17-10-5-11-18-31)42-45-37-25-26-44-28(2)39(37)47(42)40-32(29-13-6-3-7-14-29)19-12-20-33(40)30-15-8-4-9-16-30;1-12-5-7-13(8-6-12)15-10-9-14(11-17-15)16(2,3)4;/h3-21,23-26H,1-2H3;5-7,9-11H,1-4H3;/q2*-1;. The van der Waals surface area contributed by atoms with Gasteiger partial charge >= 0.3 is 106 Å². The zero-order valence-electron chi connectivity index (χ0n) is 37.7. The number of para-hydroxylation sites is 1. The van der Waals surface area contributed by atoms with Crippen LogP contribution in [0.2, 0.25) is 17.3 Å². The Morgan fingerprint density at radius 2 is 1.24 bits per heavy atom. The molecule has 11 rings (SSSR count). The van der Waals surface area contributed by atoms with Gasteiger partial charge in [0.15, 0.2) is 0 Å². The molecule has 5 aromatic heterocycles. The first-order valence-electron chi connectivity index (χ1n) is 22.0. The quantitative estimate of drug-likeness (QED) is 0.117. The van der Waals surface area contributed by atoms with Crippen molar-refractivity contribution in [2.24, 2.45) is 0 Å². The first kappa shape index (κ1) is 44.4. The fraction of sp³-hybridized carbons (Fsp3) is 0.103. The van der Waals surface area contributed by atoms with Crippen molar-refractivity contribution in [3.05, 3.63) is 205 Å². The number of imidazole rings is 1. The Morgan fingerprint density at radius 1 is 0.591 bits per heavy atom. The summed E-state index contributed by atoms with van der Waals surface area (Å²) in [7, 11) is 0. The maximum Gasteiger partial charge on any atom is 0.216 e. The maximum absolute atomic E-state index is 6.72. The second-order valence-electron chi connectivity index (χ2n) is 17.5. The zero-order valence-corrected chi connectivity index (χ0v) is 42.2. The Morgan fingerprint density at radius 3 is 1.85 bits per heavy atom.